The largest absolute Gasteiger partial charge is 0.296 e. The van der Waals surface area contributed by atoms with E-state index >= 15 is 0 Å². The average Bonchev–Trinajstić information content (AvgIpc) is 2.78. The first-order valence-electron chi connectivity index (χ1n) is 6.10. The van der Waals surface area contributed by atoms with Gasteiger partial charge in [0.1, 0.15) is 0 Å². The van der Waals surface area contributed by atoms with E-state index in [4.69, 9.17) is 0 Å². The van der Waals surface area contributed by atoms with Crippen LogP contribution in [0.2, 0.25) is 0 Å². The lowest BCUT2D eigenvalue weighted by atomic mass is 10.1. The summed E-state index contributed by atoms with van der Waals surface area (Å²) < 4.78 is 0. The second kappa shape index (κ2) is 4.80. The third kappa shape index (κ3) is 2.40. The maximum atomic E-state index is 2.61. The highest BCUT2D eigenvalue weighted by atomic mass is 15.2. The smallest absolute Gasteiger partial charge is 0.0319 e. The number of rotatable bonds is 3. The number of likely N-dealkylation sites (tertiary alicyclic amines) is 1. The summed E-state index contributed by atoms with van der Waals surface area (Å²) in [5.41, 5.74) is 1.45. The standard InChI is InChI=1S/C14H21N/c1-3-13-9-10-15(11-13)12(2)14-7-5-4-6-8-14/h4-8,12-13H,3,9-11H2,1-2H3/t12?,13-/m0/s1. The van der Waals surface area contributed by atoms with Crippen LogP contribution in [-0.2, 0) is 0 Å². The zero-order valence-electron chi connectivity index (χ0n) is 9.82. The first kappa shape index (κ1) is 10.7. The Hall–Kier alpha value is -0.820. The Morgan fingerprint density at radius 1 is 1.33 bits per heavy atom. The SMILES string of the molecule is CC[C@H]1CCN(C(C)c2ccccc2)C1. The number of nitrogens with zero attached hydrogens (tertiary/aromatic N) is 1. The van der Waals surface area contributed by atoms with Gasteiger partial charge < -0.3 is 0 Å². The Kier molecular flexibility index (Phi) is 3.42. The number of benzene rings is 1. The molecule has 0 amide bonds. The van der Waals surface area contributed by atoms with E-state index in [2.05, 4.69) is 49.1 Å². The van der Waals surface area contributed by atoms with Gasteiger partial charge in [-0.2, -0.15) is 0 Å². The predicted molar refractivity (Wildman–Crippen MR) is 64.8 cm³/mol. The van der Waals surface area contributed by atoms with Crippen molar-refractivity contribution in [2.45, 2.75) is 32.7 Å². The van der Waals surface area contributed by atoms with Crippen molar-refractivity contribution in [1.82, 2.24) is 4.90 Å². The lowest BCUT2D eigenvalue weighted by Gasteiger charge is -2.24. The molecule has 0 bridgehead atoms. The van der Waals surface area contributed by atoms with E-state index in [0.29, 0.717) is 6.04 Å². The monoisotopic (exact) mass is 203 g/mol. The Morgan fingerprint density at radius 2 is 2.07 bits per heavy atom. The van der Waals surface area contributed by atoms with E-state index in [-0.39, 0.29) is 0 Å². The molecule has 1 heteroatoms. The fourth-order valence-corrected chi connectivity index (χ4v) is 2.49. The van der Waals surface area contributed by atoms with Gasteiger partial charge in [-0.25, -0.2) is 0 Å². The third-order valence-electron chi connectivity index (χ3n) is 3.72. The minimum absolute atomic E-state index is 0.586. The van der Waals surface area contributed by atoms with Gasteiger partial charge in [0.25, 0.3) is 0 Å². The molecule has 15 heavy (non-hydrogen) atoms. The molecule has 82 valence electrons. The molecular formula is C14H21N. The highest BCUT2D eigenvalue weighted by Gasteiger charge is 2.25. The van der Waals surface area contributed by atoms with Crippen LogP contribution in [0.3, 0.4) is 0 Å². The maximum Gasteiger partial charge on any atom is 0.0319 e. The lowest BCUT2D eigenvalue weighted by molar-refractivity contribution is 0.252. The summed E-state index contributed by atoms with van der Waals surface area (Å²) in [5.74, 6) is 0.927. The van der Waals surface area contributed by atoms with Crippen molar-refractivity contribution in [2.24, 2.45) is 5.92 Å². The number of hydrogen-bond donors (Lipinski definition) is 0. The van der Waals surface area contributed by atoms with Gasteiger partial charge in [0.2, 0.25) is 0 Å². The summed E-state index contributed by atoms with van der Waals surface area (Å²) in [6, 6.07) is 11.4. The van der Waals surface area contributed by atoms with Crippen molar-refractivity contribution < 1.29 is 0 Å². The molecule has 0 radical (unpaired) electrons. The van der Waals surface area contributed by atoms with Crippen LogP contribution in [0, 0.1) is 5.92 Å². The molecule has 0 aliphatic carbocycles. The van der Waals surface area contributed by atoms with Crippen molar-refractivity contribution in [1.29, 1.82) is 0 Å². The lowest BCUT2D eigenvalue weighted by Crippen LogP contribution is -2.24. The van der Waals surface area contributed by atoms with Crippen LogP contribution < -0.4 is 0 Å². The molecule has 1 saturated heterocycles. The van der Waals surface area contributed by atoms with Crippen LogP contribution in [0.5, 0.6) is 0 Å². The van der Waals surface area contributed by atoms with Crippen molar-refractivity contribution in [2.75, 3.05) is 13.1 Å². The Morgan fingerprint density at radius 3 is 2.67 bits per heavy atom. The van der Waals surface area contributed by atoms with Gasteiger partial charge in [0, 0.05) is 12.6 Å². The molecule has 0 spiro atoms. The van der Waals surface area contributed by atoms with Crippen LogP contribution in [0.25, 0.3) is 0 Å². The maximum absolute atomic E-state index is 2.61. The minimum atomic E-state index is 0.586. The van der Waals surface area contributed by atoms with Gasteiger partial charge in [-0.3, -0.25) is 4.90 Å². The second-order valence-corrected chi connectivity index (χ2v) is 4.64. The van der Waals surface area contributed by atoms with Gasteiger partial charge in [-0.15, -0.1) is 0 Å². The molecule has 2 atom stereocenters. The van der Waals surface area contributed by atoms with Gasteiger partial charge in [-0.1, -0.05) is 43.7 Å². The molecule has 0 N–H and O–H groups in total. The molecule has 1 aliphatic heterocycles. The molecule has 1 nitrogen and oxygen atoms in total. The molecule has 0 saturated carbocycles. The summed E-state index contributed by atoms with van der Waals surface area (Å²) in [6.07, 6.45) is 2.71. The molecule has 1 aliphatic rings. The molecule has 1 unspecified atom stereocenters. The zero-order chi connectivity index (χ0) is 10.7. The minimum Gasteiger partial charge on any atom is -0.296 e. The van der Waals surface area contributed by atoms with Gasteiger partial charge >= 0.3 is 0 Å². The van der Waals surface area contributed by atoms with E-state index in [0.717, 1.165) is 5.92 Å². The molecule has 1 fully saturated rings. The second-order valence-electron chi connectivity index (χ2n) is 4.64. The van der Waals surface area contributed by atoms with E-state index in [1.165, 1.54) is 31.5 Å². The van der Waals surface area contributed by atoms with Gasteiger partial charge in [0.15, 0.2) is 0 Å². The number of hydrogen-bond acceptors (Lipinski definition) is 1. The van der Waals surface area contributed by atoms with Gasteiger partial charge in [0.05, 0.1) is 0 Å². The van der Waals surface area contributed by atoms with E-state index in [9.17, 15) is 0 Å². The van der Waals surface area contributed by atoms with Gasteiger partial charge in [-0.05, 0) is 31.4 Å². The molecule has 1 heterocycles. The quantitative estimate of drug-likeness (QED) is 0.727. The van der Waals surface area contributed by atoms with E-state index in [1.54, 1.807) is 0 Å². The van der Waals surface area contributed by atoms with Crippen LogP contribution in [0.1, 0.15) is 38.3 Å². The van der Waals surface area contributed by atoms with Crippen molar-refractivity contribution in [3.05, 3.63) is 35.9 Å². The average molecular weight is 203 g/mol. The molecule has 0 aromatic heterocycles. The molecule has 2 rings (SSSR count). The summed E-state index contributed by atoms with van der Waals surface area (Å²) in [4.78, 5) is 2.61. The van der Waals surface area contributed by atoms with Crippen LogP contribution in [-0.4, -0.2) is 18.0 Å². The third-order valence-corrected chi connectivity index (χ3v) is 3.72. The summed E-state index contributed by atoms with van der Waals surface area (Å²) in [7, 11) is 0. The normalized spacial score (nSPS) is 24.3. The molecule has 1 aromatic rings. The molecule has 1 aromatic carbocycles. The van der Waals surface area contributed by atoms with Crippen LogP contribution in [0.4, 0.5) is 0 Å². The highest BCUT2D eigenvalue weighted by molar-refractivity contribution is 5.18. The van der Waals surface area contributed by atoms with Crippen LogP contribution in [0.15, 0.2) is 30.3 Å². The van der Waals surface area contributed by atoms with Crippen LogP contribution >= 0.6 is 0 Å². The first-order chi connectivity index (χ1) is 7.31. The fraction of sp³-hybridized carbons (Fsp3) is 0.571. The topological polar surface area (TPSA) is 3.24 Å². The molecular weight excluding hydrogens is 182 g/mol. The summed E-state index contributed by atoms with van der Waals surface area (Å²) in [6.45, 7) is 7.19. The van der Waals surface area contributed by atoms with Crippen molar-refractivity contribution in [3.8, 4) is 0 Å². The Balaban J connectivity index is 2.00. The van der Waals surface area contributed by atoms with Crippen molar-refractivity contribution >= 4 is 0 Å². The Bertz CT molecular complexity index is 293. The fourth-order valence-electron chi connectivity index (χ4n) is 2.49. The summed E-state index contributed by atoms with van der Waals surface area (Å²) >= 11 is 0. The van der Waals surface area contributed by atoms with E-state index < -0.39 is 0 Å². The van der Waals surface area contributed by atoms with E-state index in [1.807, 2.05) is 0 Å². The predicted octanol–water partition coefficient (Wildman–Crippen LogP) is 3.48. The first-order valence-corrected chi connectivity index (χ1v) is 6.10. The Labute approximate surface area is 93.1 Å². The summed E-state index contributed by atoms with van der Waals surface area (Å²) in [5, 5.41) is 0. The zero-order valence-corrected chi connectivity index (χ0v) is 9.82. The highest BCUT2D eigenvalue weighted by Crippen LogP contribution is 2.28. The van der Waals surface area contributed by atoms with Crippen molar-refractivity contribution in [3.63, 3.8) is 0 Å².